The van der Waals surface area contributed by atoms with Gasteiger partial charge in [0, 0.05) is 4.88 Å². The molecule has 0 saturated carbocycles. The highest BCUT2D eigenvalue weighted by molar-refractivity contribution is 7.16. The van der Waals surface area contributed by atoms with Gasteiger partial charge >= 0.3 is 5.97 Å². The number of methoxy groups -OCH3 is 1. The highest BCUT2D eigenvalue weighted by Crippen LogP contribution is 2.30. The molecule has 2 aromatic rings. The number of ether oxygens (including phenoxy) is 1. The van der Waals surface area contributed by atoms with E-state index in [0.717, 1.165) is 4.88 Å². The summed E-state index contributed by atoms with van der Waals surface area (Å²) in [6.45, 7) is 1.69. The van der Waals surface area contributed by atoms with Gasteiger partial charge in [-0.05, 0) is 36.8 Å². The number of aliphatic carboxylic acids is 1. The van der Waals surface area contributed by atoms with Gasteiger partial charge in [0.05, 0.1) is 22.4 Å². The zero-order chi connectivity index (χ0) is 17.9. The smallest absolute Gasteiger partial charge is 0.330 e. The number of carbonyl (C=O) groups excluding carboxylic acids is 1. The van der Waals surface area contributed by atoms with Crippen molar-refractivity contribution in [2.24, 2.45) is 0 Å². The van der Waals surface area contributed by atoms with Crippen molar-refractivity contribution in [2.45, 2.75) is 18.9 Å². The lowest BCUT2D eigenvalue weighted by Crippen LogP contribution is -2.36. The summed E-state index contributed by atoms with van der Waals surface area (Å²) < 4.78 is 5.61. The number of carboxylic acids is 1. The molecular formula is C16H15Cl2NO4S. The second kappa shape index (κ2) is 7.88. The first-order chi connectivity index (χ1) is 11.3. The summed E-state index contributed by atoms with van der Waals surface area (Å²) in [7, 11) is 1.46. The van der Waals surface area contributed by atoms with Gasteiger partial charge in [-0.15, -0.1) is 11.3 Å². The van der Waals surface area contributed by atoms with Crippen LogP contribution in [-0.4, -0.2) is 24.1 Å². The fraction of sp³-hybridized carbons (Fsp3) is 0.250. The fourth-order valence-corrected chi connectivity index (χ4v) is 3.48. The van der Waals surface area contributed by atoms with E-state index in [9.17, 15) is 14.7 Å². The van der Waals surface area contributed by atoms with Gasteiger partial charge in [-0.3, -0.25) is 4.79 Å². The van der Waals surface area contributed by atoms with Crippen molar-refractivity contribution in [1.82, 2.24) is 5.32 Å². The van der Waals surface area contributed by atoms with Crippen LogP contribution in [0.3, 0.4) is 0 Å². The van der Waals surface area contributed by atoms with Gasteiger partial charge in [0.15, 0.2) is 6.04 Å². The number of amides is 1. The highest BCUT2D eigenvalue weighted by atomic mass is 35.5. The number of carboxylic acid groups (broad SMARTS) is 1. The third kappa shape index (κ3) is 4.20. The van der Waals surface area contributed by atoms with E-state index in [-0.39, 0.29) is 5.02 Å². The summed E-state index contributed by atoms with van der Waals surface area (Å²) >= 11 is 13.2. The zero-order valence-corrected chi connectivity index (χ0v) is 15.2. The molecule has 2 atom stereocenters. The minimum Gasteiger partial charge on any atom is -0.495 e. The average Bonchev–Trinajstić information content (AvgIpc) is 2.97. The molecule has 0 aliphatic heterocycles. The topological polar surface area (TPSA) is 75.6 Å². The number of hydrogen-bond acceptors (Lipinski definition) is 4. The minimum absolute atomic E-state index is 0.272. The number of rotatable bonds is 6. The molecule has 0 aliphatic rings. The molecule has 24 heavy (non-hydrogen) atoms. The quantitative estimate of drug-likeness (QED) is 0.781. The summed E-state index contributed by atoms with van der Waals surface area (Å²) in [5, 5.41) is 12.2. The molecule has 0 radical (unpaired) electrons. The molecule has 1 heterocycles. The van der Waals surface area contributed by atoms with E-state index in [0.29, 0.717) is 15.6 Å². The van der Waals surface area contributed by atoms with Crippen LogP contribution in [0.1, 0.15) is 29.3 Å². The Balaban J connectivity index is 2.20. The van der Waals surface area contributed by atoms with Gasteiger partial charge in [0.1, 0.15) is 5.75 Å². The molecule has 0 aliphatic carbocycles. The van der Waals surface area contributed by atoms with E-state index in [2.05, 4.69) is 5.32 Å². The Kier molecular flexibility index (Phi) is 6.10. The summed E-state index contributed by atoms with van der Waals surface area (Å²) in [4.78, 5) is 24.7. The van der Waals surface area contributed by atoms with E-state index in [1.165, 1.54) is 24.5 Å². The molecule has 1 aromatic carbocycles. The van der Waals surface area contributed by atoms with E-state index in [1.807, 2.05) is 0 Å². The van der Waals surface area contributed by atoms with Gasteiger partial charge < -0.3 is 15.2 Å². The predicted octanol–water partition coefficient (Wildman–Crippen LogP) is 4.11. The summed E-state index contributed by atoms with van der Waals surface area (Å²) in [5.41, 5.74) is 0.359. The monoisotopic (exact) mass is 387 g/mol. The Labute approximate surface area is 153 Å². The number of thiophene rings is 1. The molecule has 1 aromatic heterocycles. The number of benzene rings is 1. The SMILES string of the molecule is COc1ccc(C(NC(=O)C(C)c2ccc(Cl)s2)C(=O)O)cc1Cl. The largest absolute Gasteiger partial charge is 0.495 e. The molecule has 2 N–H and O–H groups in total. The molecule has 8 heteroatoms. The maximum absolute atomic E-state index is 12.4. The first-order valence-electron chi connectivity index (χ1n) is 6.95. The summed E-state index contributed by atoms with van der Waals surface area (Å²) in [5.74, 6) is -1.68. The molecule has 0 saturated heterocycles. The van der Waals surface area contributed by atoms with Crippen LogP contribution in [0.15, 0.2) is 30.3 Å². The Hall–Kier alpha value is -1.76. The molecule has 0 spiro atoms. The van der Waals surface area contributed by atoms with Crippen LogP contribution in [0.25, 0.3) is 0 Å². The van der Waals surface area contributed by atoms with Crippen molar-refractivity contribution in [3.8, 4) is 5.75 Å². The maximum atomic E-state index is 12.4. The van der Waals surface area contributed by atoms with Gasteiger partial charge in [0.25, 0.3) is 0 Å². The van der Waals surface area contributed by atoms with Crippen LogP contribution in [0, 0.1) is 0 Å². The molecule has 5 nitrogen and oxygen atoms in total. The molecule has 1 amide bonds. The molecular weight excluding hydrogens is 373 g/mol. The fourth-order valence-electron chi connectivity index (χ4n) is 2.11. The van der Waals surface area contributed by atoms with Crippen molar-refractivity contribution in [3.05, 3.63) is 50.1 Å². The molecule has 128 valence electrons. The zero-order valence-electron chi connectivity index (χ0n) is 12.9. The van der Waals surface area contributed by atoms with E-state index in [4.69, 9.17) is 27.9 Å². The van der Waals surface area contributed by atoms with Crippen LogP contribution in [0.2, 0.25) is 9.36 Å². The van der Waals surface area contributed by atoms with Gasteiger partial charge in [-0.2, -0.15) is 0 Å². The molecule has 2 rings (SSSR count). The van der Waals surface area contributed by atoms with Gasteiger partial charge in [-0.1, -0.05) is 29.3 Å². The lowest BCUT2D eigenvalue weighted by Gasteiger charge is -2.18. The number of carbonyl (C=O) groups is 2. The van der Waals surface area contributed by atoms with Crippen LogP contribution in [0.5, 0.6) is 5.75 Å². The minimum atomic E-state index is -1.21. The normalized spacial score (nSPS) is 13.2. The Morgan fingerprint density at radius 3 is 2.46 bits per heavy atom. The summed E-state index contributed by atoms with van der Waals surface area (Å²) in [6.07, 6.45) is 0. The number of nitrogens with one attached hydrogen (secondary N) is 1. The van der Waals surface area contributed by atoms with Crippen molar-refractivity contribution in [3.63, 3.8) is 0 Å². The van der Waals surface area contributed by atoms with Crippen LogP contribution in [-0.2, 0) is 9.59 Å². The molecule has 0 bridgehead atoms. The Morgan fingerprint density at radius 2 is 1.96 bits per heavy atom. The number of hydrogen-bond donors (Lipinski definition) is 2. The second-order valence-corrected chi connectivity index (χ2v) is 7.19. The third-order valence-electron chi connectivity index (χ3n) is 3.46. The van der Waals surface area contributed by atoms with E-state index in [1.54, 1.807) is 31.2 Å². The van der Waals surface area contributed by atoms with Crippen molar-refractivity contribution in [2.75, 3.05) is 7.11 Å². The standard InChI is InChI=1S/C16H15Cl2NO4S/c1-8(12-5-6-13(18)24-12)15(20)19-14(16(21)22)9-3-4-11(23-2)10(17)7-9/h3-8,14H,1-2H3,(H,19,20)(H,21,22). The van der Waals surface area contributed by atoms with E-state index < -0.39 is 23.8 Å². The first kappa shape index (κ1) is 18.6. The van der Waals surface area contributed by atoms with Crippen LogP contribution in [0.4, 0.5) is 0 Å². The van der Waals surface area contributed by atoms with Gasteiger partial charge in [-0.25, -0.2) is 4.79 Å². The average molecular weight is 388 g/mol. The lowest BCUT2D eigenvalue weighted by molar-refractivity contribution is -0.142. The Bertz CT molecular complexity index is 762. The van der Waals surface area contributed by atoms with Gasteiger partial charge in [0.2, 0.25) is 5.91 Å². The first-order valence-corrected chi connectivity index (χ1v) is 8.52. The number of halogens is 2. The molecule has 0 fully saturated rings. The van der Waals surface area contributed by atoms with Crippen molar-refractivity contribution >= 4 is 46.4 Å². The maximum Gasteiger partial charge on any atom is 0.330 e. The van der Waals surface area contributed by atoms with Crippen molar-refractivity contribution in [1.29, 1.82) is 0 Å². The van der Waals surface area contributed by atoms with Crippen molar-refractivity contribution < 1.29 is 19.4 Å². The van der Waals surface area contributed by atoms with Crippen LogP contribution >= 0.6 is 34.5 Å². The van der Waals surface area contributed by atoms with E-state index >= 15 is 0 Å². The highest BCUT2D eigenvalue weighted by Gasteiger charge is 2.26. The second-order valence-electron chi connectivity index (χ2n) is 5.04. The predicted molar refractivity (Wildman–Crippen MR) is 94.3 cm³/mol. The Morgan fingerprint density at radius 1 is 1.25 bits per heavy atom. The van der Waals surface area contributed by atoms with Crippen LogP contribution < -0.4 is 10.1 Å². The lowest BCUT2D eigenvalue weighted by atomic mass is 10.0. The third-order valence-corrected chi connectivity index (χ3v) is 5.17. The summed E-state index contributed by atoms with van der Waals surface area (Å²) in [6, 6.07) is 6.81. The molecule has 2 unspecified atom stereocenters.